The normalized spacial score (nSPS) is 10.1. The Morgan fingerprint density at radius 1 is 1.11 bits per heavy atom. The third-order valence-electron chi connectivity index (χ3n) is 3.64. The Labute approximate surface area is 155 Å². The van der Waals surface area contributed by atoms with Crippen molar-refractivity contribution in [1.82, 2.24) is 0 Å². The predicted octanol–water partition coefficient (Wildman–Crippen LogP) is 2.69. The van der Waals surface area contributed by atoms with E-state index in [9.17, 15) is 19.7 Å². The molecule has 1 amide bonds. The van der Waals surface area contributed by atoms with Crippen LogP contribution < -0.4 is 10.6 Å². The highest BCUT2D eigenvalue weighted by atomic mass is 16.6. The molecule has 0 aliphatic rings. The van der Waals surface area contributed by atoms with Crippen molar-refractivity contribution in [2.75, 3.05) is 38.0 Å². The van der Waals surface area contributed by atoms with E-state index < -0.39 is 16.8 Å². The number of hydrogen-bond donors (Lipinski definition) is 2. The topological polar surface area (TPSA) is 120 Å². The number of nitro benzene ring substituents is 1. The molecular weight excluding hydrogens is 354 g/mol. The predicted molar refractivity (Wildman–Crippen MR) is 99.2 cm³/mol. The smallest absolute Gasteiger partial charge is 0.337 e. The molecule has 0 aliphatic heterocycles. The Hall–Kier alpha value is -3.46. The number of nitrogens with zero attached hydrogens (tertiary/aromatic N) is 1. The first-order chi connectivity index (χ1) is 13.0. The van der Waals surface area contributed by atoms with Gasteiger partial charge in [0.25, 0.3) is 11.6 Å². The van der Waals surface area contributed by atoms with Gasteiger partial charge in [-0.2, -0.15) is 0 Å². The second-order valence-electron chi connectivity index (χ2n) is 5.43. The molecule has 0 aliphatic carbocycles. The molecule has 2 N–H and O–H groups in total. The lowest BCUT2D eigenvalue weighted by molar-refractivity contribution is -0.384. The number of esters is 1. The summed E-state index contributed by atoms with van der Waals surface area (Å²) in [6, 6.07) is 10.1. The molecule has 0 aromatic heterocycles. The molecule has 9 nitrogen and oxygen atoms in total. The van der Waals surface area contributed by atoms with Crippen LogP contribution >= 0.6 is 0 Å². The first kappa shape index (κ1) is 19.9. The molecule has 0 fully saturated rings. The zero-order valence-corrected chi connectivity index (χ0v) is 14.9. The van der Waals surface area contributed by atoms with E-state index in [1.807, 2.05) is 0 Å². The van der Waals surface area contributed by atoms with Crippen LogP contribution in [0.2, 0.25) is 0 Å². The summed E-state index contributed by atoms with van der Waals surface area (Å²) in [5, 5.41) is 16.7. The Bertz CT molecular complexity index is 835. The number of nitrogens with one attached hydrogen (secondary N) is 2. The van der Waals surface area contributed by atoms with Gasteiger partial charge in [-0.25, -0.2) is 4.79 Å². The fourth-order valence-corrected chi connectivity index (χ4v) is 2.28. The van der Waals surface area contributed by atoms with Crippen LogP contribution in [0.25, 0.3) is 0 Å². The lowest BCUT2D eigenvalue weighted by atomic mass is 10.1. The van der Waals surface area contributed by atoms with Crippen molar-refractivity contribution in [3.05, 3.63) is 63.7 Å². The maximum atomic E-state index is 12.6. The molecule has 9 heteroatoms. The maximum Gasteiger partial charge on any atom is 0.337 e. The third kappa shape index (κ3) is 5.25. The molecule has 0 spiro atoms. The molecule has 0 saturated heterocycles. The maximum absolute atomic E-state index is 12.6. The van der Waals surface area contributed by atoms with Gasteiger partial charge in [0.05, 0.1) is 29.8 Å². The number of rotatable bonds is 8. The van der Waals surface area contributed by atoms with Gasteiger partial charge >= 0.3 is 5.97 Å². The van der Waals surface area contributed by atoms with E-state index in [1.54, 1.807) is 19.2 Å². The fourth-order valence-electron chi connectivity index (χ4n) is 2.28. The fraction of sp³-hybridized carbons (Fsp3) is 0.222. The average molecular weight is 373 g/mol. The molecule has 2 aromatic carbocycles. The zero-order chi connectivity index (χ0) is 19.8. The lowest BCUT2D eigenvalue weighted by Crippen LogP contribution is -2.17. The number of ether oxygens (including phenoxy) is 2. The van der Waals surface area contributed by atoms with E-state index in [1.165, 1.54) is 37.4 Å². The molecule has 0 heterocycles. The minimum absolute atomic E-state index is 0.123. The summed E-state index contributed by atoms with van der Waals surface area (Å²) in [5.41, 5.74) is 1.15. The monoisotopic (exact) mass is 373 g/mol. The quantitative estimate of drug-likeness (QED) is 0.316. The zero-order valence-electron chi connectivity index (χ0n) is 14.9. The van der Waals surface area contributed by atoms with Crippen LogP contribution in [0.15, 0.2) is 42.5 Å². The number of nitro groups is 1. The molecule has 0 saturated carbocycles. The van der Waals surface area contributed by atoms with Crippen LogP contribution in [-0.4, -0.2) is 44.2 Å². The number of amides is 1. The highest BCUT2D eigenvalue weighted by molar-refractivity contribution is 6.08. The Morgan fingerprint density at radius 3 is 2.41 bits per heavy atom. The average Bonchev–Trinajstić information content (AvgIpc) is 2.68. The largest absolute Gasteiger partial charge is 0.465 e. The van der Waals surface area contributed by atoms with Gasteiger partial charge in [-0.15, -0.1) is 0 Å². The van der Waals surface area contributed by atoms with Gasteiger partial charge in [-0.1, -0.05) is 0 Å². The number of carbonyl (C=O) groups excluding carboxylic acids is 2. The minimum Gasteiger partial charge on any atom is -0.465 e. The SMILES string of the molecule is COCCNc1ccc([N+](=O)[O-])cc1C(=O)Nc1ccc(C(=O)OC)cc1. The first-order valence-electron chi connectivity index (χ1n) is 7.97. The number of non-ortho nitro benzene ring substituents is 1. The second-order valence-corrected chi connectivity index (χ2v) is 5.43. The van der Waals surface area contributed by atoms with Crippen molar-refractivity contribution in [2.24, 2.45) is 0 Å². The van der Waals surface area contributed by atoms with Crippen LogP contribution in [0.5, 0.6) is 0 Å². The molecule has 2 rings (SSSR count). The van der Waals surface area contributed by atoms with E-state index in [4.69, 9.17) is 4.74 Å². The summed E-state index contributed by atoms with van der Waals surface area (Å²) < 4.78 is 9.57. The second kappa shape index (κ2) is 9.30. The molecule has 142 valence electrons. The summed E-state index contributed by atoms with van der Waals surface area (Å²) in [4.78, 5) is 34.5. The molecule has 0 bridgehead atoms. The van der Waals surface area contributed by atoms with Crippen LogP contribution in [0.1, 0.15) is 20.7 Å². The summed E-state index contributed by atoms with van der Waals surface area (Å²) >= 11 is 0. The van der Waals surface area contributed by atoms with E-state index in [2.05, 4.69) is 15.4 Å². The molecule has 0 atom stereocenters. The Balaban J connectivity index is 2.23. The van der Waals surface area contributed by atoms with E-state index in [0.717, 1.165) is 0 Å². The number of anilines is 2. The molecular formula is C18H19N3O6. The van der Waals surface area contributed by atoms with Gasteiger partial charge in [-0.05, 0) is 30.3 Å². The third-order valence-corrected chi connectivity index (χ3v) is 3.64. The van der Waals surface area contributed by atoms with Crippen molar-refractivity contribution in [3.63, 3.8) is 0 Å². The molecule has 0 unspecified atom stereocenters. The van der Waals surface area contributed by atoms with Crippen molar-refractivity contribution >= 4 is 28.9 Å². The molecule has 0 radical (unpaired) electrons. The van der Waals surface area contributed by atoms with Crippen LogP contribution in [0.3, 0.4) is 0 Å². The van der Waals surface area contributed by atoms with E-state index in [0.29, 0.717) is 30.1 Å². The van der Waals surface area contributed by atoms with Crippen molar-refractivity contribution in [2.45, 2.75) is 0 Å². The van der Waals surface area contributed by atoms with Crippen molar-refractivity contribution < 1.29 is 24.0 Å². The van der Waals surface area contributed by atoms with Crippen LogP contribution in [-0.2, 0) is 9.47 Å². The Kier molecular flexibility index (Phi) is 6.84. The Morgan fingerprint density at radius 2 is 1.81 bits per heavy atom. The number of hydrogen-bond acceptors (Lipinski definition) is 7. The summed E-state index contributed by atoms with van der Waals surface area (Å²) in [6.45, 7) is 0.843. The van der Waals surface area contributed by atoms with Crippen LogP contribution in [0, 0.1) is 10.1 Å². The van der Waals surface area contributed by atoms with Crippen molar-refractivity contribution in [3.8, 4) is 0 Å². The van der Waals surface area contributed by atoms with Gasteiger partial charge in [0, 0.05) is 37.2 Å². The van der Waals surface area contributed by atoms with Crippen LogP contribution in [0.4, 0.5) is 17.1 Å². The van der Waals surface area contributed by atoms with Gasteiger partial charge in [0.15, 0.2) is 0 Å². The highest BCUT2D eigenvalue weighted by Gasteiger charge is 2.17. The summed E-state index contributed by atoms with van der Waals surface area (Å²) in [6.07, 6.45) is 0. The standard InChI is InChI=1S/C18H19N3O6/c1-26-10-9-19-16-8-7-14(21(24)25)11-15(16)17(22)20-13-5-3-12(4-6-13)18(23)27-2/h3-8,11,19H,9-10H2,1-2H3,(H,20,22). The van der Waals surface area contributed by atoms with Gasteiger partial charge < -0.3 is 20.1 Å². The minimum atomic E-state index is -0.569. The van der Waals surface area contributed by atoms with E-state index >= 15 is 0 Å². The summed E-state index contributed by atoms with van der Waals surface area (Å²) in [7, 11) is 2.82. The first-order valence-corrected chi connectivity index (χ1v) is 7.97. The number of methoxy groups -OCH3 is 2. The number of benzene rings is 2. The summed E-state index contributed by atoms with van der Waals surface area (Å²) in [5.74, 6) is -1.01. The van der Waals surface area contributed by atoms with Crippen molar-refractivity contribution in [1.29, 1.82) is 0 Å². The molecule has 27 heavy (non-hydrogen) atoms. The van der Waals surface area contributed by atoms with Gasteiger partial charge in [-0.3, -0.25) is 14.9 Å². The van der Waals surface area contributed by atoms with Gasteiger partial charge in [0.2, 0.25) is 0 Å². The van der Waals surface area contributed by atoms with Gasteiger partial charge in [0.1, 0.15) is 0 Å². The number of carbonyl (C=O) groups is 2. The van der Waals surface area contributed by atoms with E-state index in [-0.39, 0.29) is 11.3 Å². The molecule has 2 aromatic rings. The lowest BCUT2D eigenvalue weighted by Gasteiger charge is -2.12. The highest BCUT2D eigenvalue weighted by Crippen LogP contribution is 2.23.